The van der Waals surface area contributed by atoms with Gasteiger partial charge in [0.1, 0.15) is 35.0 Å². The van der Waals surface area contributed by atoms with Crippen LogP contribution >= 0.6 is 0 Å². The van der Waals surface area contributed by atoms with Crippen molar-refractivity contribution >= 4 is 17.1 Å². The maximum atomic E-state index is 13.2. The van der Waals surface area contributed by atoms with Gasteiger partial charge in [0.25, 0.3) is 5.56 Å². The van der Waals surface area contributed by atoms with Crippen LogP contribution in [0.15, 0.2) is 47.5 Å². The van der Waals surface area contributed by atoms with Crippen molar-refractivity contribution in [2.45, 2.75) is 58.9 Å². The third-order valence-corrected chi connectivity index (χ3v) is 6.59. The van der Waals surface area contributed by atoms with Crippen LogP contribution in [-0.4, -0.2) is 42.2 Å². The maximum absolute atomic E-state index is 13.2. The second-order valence-electron chi connectivity index (χ2n) is 10.5. The van der Waals surface area contributed by atoms with Crippen LogP contribution in [0.25, 0.3) is 22.3 Å². The number of pyridine rings is 3. The normalized spacial score (nSPS) is 15.4. The van der Waals surface area contributed by atoms with Crippen molar-refractivity contribution < 1.29 is 18.7 Å². The molecule has 1 amide bonds. The highest BCUT2D eigenvalue weighted by Crippen LogP contribution is 2.34. The van der Waals surface area contributed by atoms with Gasteiger partial charge in [0, 0.05) is 42.4 Å². The van der Waals surface area contributed by atoms with Crippen molar-refractivity contribution in [2.24, 2.45) is 7.05 Å². The number of rotatable bonds is 4. The Morgan fingerprint density at radius 2 is 2.00 bits per heavy atom. The molecule has 0 spiro atoms. The number of ether oxygens (including phenoxy) is 2. The molecule has 0 bridgehead atoms. The minimum Gasteiger partial charge on any atom is -0.486 e. The lowest BCUT2D eigenvalue weighted by Gasteiger charge is -2.35. The summed E-state index contributed by atoms with van der Waals surface area (Å²) in [6.07, 6.45) is 2.94. The first kappa shape index (κ1) is 25.4. The Balaban J connectivity index is 1.49. The minimum absolute atomic E-state index is 0.0446. The summed E-state index contributed by atoms with van der Waals surface area (Å²) in [6, 6.07) is 8.16. The lowest BCUT2D eigenvalue weighted by molar-refractivity contribution is 0.0137. The molecule has 0 aromatic carbocycles. The average Bonchev–Trinajstić information content (AvgIpc) is 3.12. The van der Waals surface area contributed by atoms with Crippen molar-refractivity contribution in [1.29, 1.82) is 0 Å². The van der Waals surface area contributed by atoms with Gasteiger partial charge in [-0.05, 0) is 58.0 Å². The number of hydrogen-bond donors (Lipinski definition) is 1. The number of hydrogen-bond acceptors (Lipinski definition) is 6. The SMILES string of the molecule is CC1Cc2c(c3ccc(-c4c(OCc5ccc(F)cn5)cc[nH]c4=O)nc3n2C)CN1C(=O)OC(C)(C)C. The molecule has 5 heterocycles. The molecule has 0 radical (unpaired) electrons. The molecule has 4 aromatic heterocycles. The summed E-state index contributed by atoms with van der Waals surface area (Å²) in [4.78, 5) is 39.1. The van der Waals surface area contributed by atoms with E-state index in [4.69, 9.17) is 14.5 Å². The highest BCUT2D eigenvalue weighted by Gasteiger charge is 2.33. The third kappa shape index (κ3) is 4.85. The second kappa shape index (κ2) is 9.59. The topological polar surface area (TPSA) is 102 Å². The first-order valence-electron chi connectivity index (χ1n) is 12.4. The number of halogens is 1. The van der Waals surface area contributed by atoms with Crippen molar-refractivity contribution in [1.82, 2.24) is 24.4 Å². The Morgan fingerprint density at radius 3 is 2.71 bits per heavy atom. The molecule has 9 nitrogen and oxygen atoms in total. The van der Waals surface area contributed by atoms with Gasteiger partial charge >= 0.3 is 6.09 Å². The minimum atomic E-state index is -0.582. The van der Waals surface area contributed by atoms with E-state index < -0.39 is 11.4 Å². The molecular weight excluding hydrogens is 489 g/mol. The zero-order valence-corrected chi connectivity index (χ0v) is 22.0. The van der Waals surface area contributed by atoms with E-state index >= 15 is 0 Å². The fourth-order valence-electron chi connectivity index (χ4n) is 4.75. The summed E-state index contributed by atoms with van der Waals surface area (Å²) in [5, 5.41) is 0.914. The van der Waals surface area contributed by atoms with E-state index in [-0.39, 0.29) is 24.3 Å². The number of nitrogens with zero attached hydrogens (tertiary/aromatic N) is 4. The summed E-state index contributed by atoms with van der Waals surface area (Å²) < 4.78 is 26.8. The van der Waals surface area contributed by atoms with Crippen LogP contribution in [-0.2, 0) is 31.4 Å². The zero-order chi connectivity index (χ0) is 27.2. The van der Waals surface area contributed by atoms with Crippen molar-refractivity contribution in [2.75, 3.05) is 0 Å². The fourth-order valence-corrected chi connectivity index (χ4v) is 4.75. The Morgan fingerprint density at radius 1 is 1.21 bits per heavy atom. The van der Waals surface area contributed by atoms with Crippen molar-refractivity contribution in [3.05, 3.63) is 75.8 Å². The van der Waals surface area contributed by atoms with Crippen LogP contribution in [0.1, 0.15) is 44.6 Å². The van der Waals surface area contributed by atoms with E-state index in [1.165, 1.54) is 18.3 Å². The molecule has 0 saturated carbocycles. The number of H-pyrrole nitrogens is 1. The molecule has 1 atom stereocenters. The number of amides is 1. The third-order valence-electron chi connectivity index (χ3n) is 6.59. The van der Waals surface area contributed by atoms with Crippen LogP contribution in [0.3, 0.4) is 0 Å². The smallest absolute Gasteiger partial charge is 0.410 e. The molecule has 1 unspecified atom stereocenters. The molecule has 1 aliphatic rings. The average molecular weight is 520 g/mol. The summed E-state index contributed by atoms with van der Waals surface area (Å²) in [7, 11) is 1.95. The molecule has 0 fully saturated rings. The van der Waals surface area contributed by atoms with Gasteiger partial charge in [-0.2, -0.15) is 0 Å². The van der Waals surface area contributed by atoms with Gasteiger partial charge in [0.05, 0.1) is 24.1 Å². The van der Waals surface area contributed by atoms with Gasteiger partial charge in [0.15, 0.2) is 0 Å². The molecule has 10 heteroatoms. The first-order valence-corrected chi connectivity index (χ1v) is 12.4. The van der Waals surface area contributed by atoms with Crippen molar-refractivity contribution in [3.63, 3.8) is 0 Å². The van der Waals surface area contributed by atoms with Gasteiger partial charge in [-0.1, -0.05) is 0 Å². The lowest BCUT2D eigenvalue weighted by atomic mass is 10.00. The number of carbonyl (C=O) groups excluding carboxylic acids is 1. The van der Waals surface area contributed by atoms with Gasteiger partial charge in [-0.25, -0.2) is 14.2 Å². The zero-order valence-electron chi connectivity index (χ0n) is 22.0. The maximum Gasteiger partial charge on any atom is 0.410 e. The Labute approximate surface area is 219 Å². The number of aryl methyl sites for hydroxylation is 1. The van der Waals surface area contributed by atoms with E-state index in [2.05, 4.69) is 9.97 Å². The van der Waals surface area contributed by atoms with E-state index in [0.29, 0.717) is 41.3 Å². The predicted molar refractivity (Wildman–Crippen MR) is 140 cm³/mol. The van der Waals surface area contributed by atoms with Gasteiger partial charge in [0.2, 0.25) is 0 Å². The van der Waals surface area contributed by atoms with Crippen LogP contribution in [0.2, 0.25) is 0 Å². The monoisotopic (exact) mass is 519 g/mol. The van der Waals surface area contributed by atoms with Crippen LogP contribution in [0.5, 0.6) is 5.75 Å². The summed E-state index contributed by atoms with van der Waals surface area (Å²) in [6.45, 7) is 8.05. The van der Waals surface area contributed by atoms with Crippen LogP contribution < -0.4 is 10.3 Å². The van der Waals surface area contributed by atoms with Crippen LogP contribution in [0.4, 0.5) is 9.18 Å². The standard InChI is InChI=1S/C28H30FN5O4/c1-16-12-22-20(14-34(16)27(36)38-28(2,3)4)19-8-9-21(32-25(19)33(22)5)24-23(10-11-30-26(24)35)37-15-18-7-6-17(29)13-31-18/h6-11,13,16H,12,14-15H2,1-5H3,(H,30,35). The Bertz CT molecular complexity index is 1570. The van der Waals surface area contributed by atoms with Gasteiger partial charge in [-0.3, -0.25) is 9.78 Å². The summed E-state index contributed by atoms with van der Waals surface area (Å²) in [5.74, 6) is -0.0904. The van der Waals surface area contributed by atoms with E-state index in [1.807, 2.05) is 45.4 Å². The predicted octanol–water partition coefficient (Wildman–Crippen LogP) is 4.72. The van der Waals surface area contributed by atoms with Crippen molar-refractivity contribution in [3.8, 4) is 17.0 Å². The number of nitrogens with one attached hydrogen (secondary N) is 1. The molecular formula is C28H30FN5O4. The molecule has 4 aromatic rings. The largest absolute Gasteiger partial charge is 0.486 e. The highest BCUT2D eigenvalue weighted by molar-refractivity contribution is 5.86. The molecule has 0 aliphatic carbocycles. The van der Waals surface area contributed by atoms with Gasteiger partial charge in [-0.15, -0.1) is 0 Å². The molecule has 1 N–H and O–H groups in total. The molecule has 38 heavy (non-hydrogen) atoms. The number of fused-ring (bicyclic) bond motifs is 3. The molecule has 198 valence electrons. The molecule has 5 rings (SSSR count). The lowest BCUT2D eigenvalue weighted by Crippen LogP contribution is -2.45. The summed E-state index contributed by atoms with van der Waals surface area (Å²) in [5.41, 5.74) is 3.17. The number of carbonyl (C=O) groups is 1. The second-order valence-corrected chi connectivity index (χ2v) is 10.5. The fraction of sp³-hybridized carbons (Fsp3) is 0.357. The quantitative estimate of drug-likeness (QED) is 0.419. The van der Waals surface area contributed by atoms with E-state index in [1.54, 1.807) is 17.0 Å². The molecule has 1 aliphatic heterocycles. The Kier molecular flexibility index (Phi) is 6.42. The van der Waals surface area contributed by atoms with Gasteiger partial charge < -0.3 is 23.9 Å². The number of aromatic nitrogens is 4. The molecule has 0 saturated heterocycles. The highest BCUT2D eigenvalue weighted by atomic mass is 19.1. The van der Waals surface area contributed by atoms with E-state index in [0.717, 1.165) is 22.8 Å². The Hall–Kier alpha value is -4.21. The summed E-state index contributed by atoms with van der Waals surface area (Å²) >= 11 is 0. The van der Waals surface area contributed by atoms with Crippen LogP contribution in [0, 0.1) is 5.82 Å². The van der Waals surface area contributed by atoms with E-state index in [9.17, 15) is 14.0 Å². The number of aromatic amines is 1. The first-order chi connectivity index (χ1) is 18.0.